The number of piperidine rings is 1. The highest BCUT2D eigenvalue weighted by atomic mass is 19.1. The van der Waals surface area contributed by atoms with Gasteiger partial charge in [-0.25, -0.2) is 4.39 Å². The van der Waals surface area contributed by atoms with Gasteiger partial charge in [0.05, 0.1) is 18.9 Å². The maximum atomic E-state index is 12.7. The number of carboxylic acid groups (broad SMARTS) is 1. The molecule has 1 amide bonds. The molecule has 1 aliphatic heterocycles. The van der Waals surface area contributed by atoms with Gasteiger partial charge in [-0.1, -0.05) is 0 Å². The molecule has 1 fully saturated rings. The van der Waals surface area contributed by atoms with Gasteiger partial charge in [0.15, 0.2) is 0 Å². The molecule has 0 spiro atoms. The van der Waals surface area contributed by atoms with Crippen LogP contribution in [0.5, 0.6) is 5.75 Å². The van der Waals surface area contributed by atoms with Crippen molar-refractivity contribution in [3.63, 3.8) is 0 Å². The third-order valence-electron chi connectivity index (χ3n) is 3.52. The summed E-state index contributed by atoms with van der Waals surface area (Å²) in [5.41, 5.74) is 0. The van der Waals surface area contributed by atoms with E-state index in [1.807, 2.05) is 0 Å². The second-order valence-corrected chi connectivity index (χ2v) is 5.07. The number of hydrogen-bond donors (Lipinski definition) is 1. The Morgan fingerprint density at radius 2 is 2.05 bits per heavy atom. The van der Waals surface area contributed by atoms with Crippen molar-refractivity contribution in [2.24, 2.45) is 5.92 Å². The average molecular weight is 295 g/mol. The van der Waals surface area contributed by atoms with E-state index in [2.05, 4.69) is 0 Å². The largest absolute Gasteiger partial charge is 0.493 e. The summed E-state index contributed by atoms with van der Waals surface area (Å²) in [5.74, 6) is -1.27. The number of benzene rings is 1. The summed E-state index contributed by atoms with van der Waals surface area (Å²) in [4.78, 5) is 24.5. The normalized spacial score (nSPS) is 18.3. The second kappa shape index (κ2) is 7.06. The molecular weight excluding hydrogens is 277 g/mol. The first kappa shape index (κ1) is 15.3. The van der Waals surface area contributed by atoms with E-state index < -0.39 is 11.9 Å². The number of hydrogen-bond acceptors (Lipinski definition) is 3. The summed E-state index contributed by atoms with van der Waals surface area (Å²) >= 11 is 0. The maximum Gasteiger partial charge on any atom is 0.308 e. The van der Waals surface area contributed by atoms with Gasteiger partial charge in [-0.3, -0.25) is 9.59 Å². The SMILES string of the molecule is O=C(O)C1CCCN(C(=O)CCOc2ccc(F)cc2)C1. The summed E-state index contributed by atoms with van der Waals surface area (Å²) in [6.45, 7) is 1.06. The van der Waals surface area contributed by atoms with Crippen molar-refractivity contribution in [3.05, 3.63) is 30.1 Å². The van der Waals surface area contributed by atoms with E-state index in [1.165, 1.54) is 24.3 Å². The van der Waals surface area contributed by atoms with Crippen molar-refractivity contribution in [2.45, 2.75) is 19.3 Å². The lowest BCUT2D eigenvalue weighted by atomic mass is 9.98. The Morgan fingerprint density at radius 1 is 1.33 bits per heavy atom. The van der Waals surface area contributed by atoms with Gasteiger partial charge in [-0.05, 0) is 37.1 Å². The van der Waals surface area contributed by atoms with Crippen LogP contribution in [0, 0.1) is 11.7 Å². The number of carboxylic acids is 1. The zero-order valence-corrected chi connectivity index (χ0v) is 11.6. The van der Waals surface area contributed by atoms with Gasteiger partial charge < -0.3 is 14.7 Å². The van der Waals surface area contributed by atoms with Crippen LogP contribution in [0.1, 0.15) is 19.3 Å². The smallest absolute Gasteiger partial charge is 0.308 e. The quantitative estimate of drug-likeness (QED) is 0.901. The molecule has 0 aliphatic carbocycles. The molecule has 1 heterocycles. The van der Waals surface area contributed by atoms with Crippen molar-refractivity contribution >= 4 is 11.9 Å². The summed E-state index contributed by atoms with van der Waals surface area (Å²) in [5, 5.41) is 8.99. The first-order chi connectivity index (χ1) is 10.1. The number of carbonyl (C=O) groups is 2. The fourth-order valence-corrected chi connectivity index (χ4v) is 2.35. The Balaban J connectivity index is 1.76. The zero-order chi connectivity index (χ0) is 15.2. The molecule has 0 aromatic heterocycles. The Hall–Kier alpha value is -2.11. The van der Waals surface area contributed by atoms with Crippen molar-refractivity contribution < 1.29 is 23.8 Å². The predicted octanol–water partition coefficient (Wildman–Crippen LogP) is 1.92. The molecule has 5 nitrogen and oxygen atoms in total. The van der Waals surface area contributed by atoms with Crippen molar-refractivity contribution in [1.82, 2.24) is 4.90 Å². The van der Waals surface area contributed by atoms with Crippen molar-refractivity contribution in [1.29, 1.82) is 0 Å². The molecule has 114 valence electrons. The number of likely N-dealkylation sites (tertiary alicyclic amines) is 1. The second-order valence-electron chi connectivity index (χ2n) is 5.07. The Labute approximate surface area is 122 Å². The average Bonchev–Trinajstić information content (AvgIpc) is 2.49. The van der Waals surface area contributed by atoms with E-state index in [4.69, 9.17) is 9.84 Å². The summed E-state index contributed by atoms with van der Waals surface area (Å²) in [6.07, 6.45) is 1.51. The lowest BCUT2D eigenvalue weighted by Gasteiger charge is -2.30. The predicted molar refractivity (Wildman–Crippen MR) is 73.5 cm³/mol. The van der Waals surface area contributed by atoms with Gasteiger partial charge in [0, 0.05) is 13.1 Å². The molecule has 21 heavy (non-hydrogen) atoms. The fraction of sp³-hybridized carbons (Fsp3) is 0.467. The number of amides is 1. The minimum atomic E-state index is -0.852. The first-order valence-electron chi connectivity index (χ1n) is 6.95. The molecule has 1 aromatic carbocycles. The number of ether oxygens (including phenoxy) is 1. The molecule has 1 aromatic rings. The lowest BCUT2D eigenvalue weighted by molar-refractivity contribution is -0.145. The highest BCUT2D eigenvalue weighted by Gasteiger charge is 2.27. The van der Waals surface area contributed by atoms with E-state index in [1.54, 1.807) is 4.90 Å². The summed E-state index contributed by atoms with van der Waals surface area (Å²) < 4.78 is 18.1. The van der Waals surface area contributed by atoms with Crippen LogP contribution in [0.4, 0.5) is 4.39 Å². The molecule has 1 unspecified atom stereocenters. The highest BCUT2D eigenvalue weighted by Crippen LogP contribution is 2.17. The molecule has 0 radical (unpaired) electrons. The topological polar surface area (TPSA) is 66.8 Å². The lowest BCUT2D eigenvalue weighted by Crippen LogP contribution is -2.42. The summed E-state index contributed by atoms with van der Waals surface area (Å²) in [6, 6.07) is 5.58. The van der Waals surface area contributed by atoms with Gasteiger partial charge in [0.25, 0.3) is 0 Å². The van der Waals surface area contributed by atoms with Gasteiger partial charge in [0.1, 0.15) is 11.6 Å². The number of carbonyl (C=O) groups excluding carboxylic acids is 1. The van der Waals surface area contributed by atoms with E-state index in [0.717, 1.165) is 0 Å². The molecule has 1 N–H and O–H groups in total. The van der Waals surface area contributed by atoms with Crippen LogP contribution < -0.4 is 4.74 Å². The molecule has 0 saturated carbocycles. The van der Waals surface area contributed by atoms with Gasteiger partial charge in [0.2, 0.25) is 5.91 Å². The van der Waals surface area contributed by atoms with Gasteiger partial charge in [-0.15, -0.1) is 0 Å². The molecule has 1 aliphatic rings. The zero-order valence-electron chi connectivity index (χ0n) is 11.6. The monoisotopic (exact) mass is 295 g/mol. The Morgan fingerprint density at radius 3 is 2.71 bits per heavy atom. The van der Waals surface area contributed by atoms with E-state index in [-0.39, 0.29) is 31.3 Å². The van der Waals surface area contributed by atoms with Crippen LogP contribution in [0.15, 0.2) is 24.3 Å². The molecule has 0 bridgehead atoms. The van der Waals surface area contributed by atoms with Gasteiger partial charge >= 0.3 is 5.97 Å². The minimum Gasteiger partial charge on any atom is -0.493 e. The maximum absolute atomic E-state index is 12.7. The van der Waals surface area contributed by atoms with Crippen LogP contribution in [0.3, 0.4) is 0 Å². The number of nitrogens with zero attached hydrogens (tertiary/aromatic N) is 1. The standard InChI is InChI=1S/C15H18FNO4/c16-12-3-5-13(6-4-12)21-9-7-14(18)17-8-1-2-11(10-17)15(19)20/h3-6,11H,1-2,7-10H2,(H,19,20). The van der Waals surface area contributed by atoms with Crippen LogP contribution in [-0.2, 0) is 9.59 Å². The van der Waals surface area contributed by atoms with E-state index >= 15 is 0 Å². The molecular formula is C15H18FNO4. The molecule has 1 saturated heterocycles. The van der Waals surface area contributed by atoms with Crippen molar-refractivity contribution in [3.8, 4) is 5.75 Å². The number of halogens is 1. The highest BCUT2D eigenvalue weighted by molar-refractivity contribution is 5.78. The van der Waals surface area contributed by atoms with Crippen LogP contribution >= 0.6 is 0 Å². The van der Waals surface area contributed by atoms with Crippen LogP contribution in [-0.4, -0.2) is 41.6 Å². The van der Waals surface area contributed by atoms with E-state index in [0.29, 0.717) is 25.1 Å². The first-order valence-corrected chi connectivity index (χ1v) is 6.95. The molecule has 1 atom stereocenters. The van der Waals surface area contributed by atoms with Gasteiger partial charge in [-0.2, -0.15) is 0 Å². The minimum absolute atomic E-state index is 0.108. The third kappa shape index (κ3) is 4.44. The van der Waals surface area contributed by atoms with Crippen LogP contribution in [0.2, 0.25) is 0 Å². The third-order valence-corrected chi connectivity index (χ3v) is 3.52. The number of rotatable bonds is 5. The Bertz CT molecular complexity index is 503. The molecule has 2 rings (SSSR count). The Kier molecular flexibility index (Phi) is 5.14. The van der Waals surface area contributed by atoms with Crippen molar-refractivity contribution in [2.75, 3.05) is 19.7 Å². The fourth-order valence-electron chi connectivity index (χ4n) is 2.35. The van der Waals surface area contributed by atoms with E-state index in [9.17, 15) is 14.0 Å². The van der Waals surface area contributed by atoms with Crippen LogP contribution in [0.25, 0.3) is 0 Å². The summed E-state index contributed by atoms with van der Waals surface area (Å²) in [7, 11) is 0. The molecule has 6 heteroatoms. The number of aliphatic carboxylic acids is 1.